The normalized spacial score (nSPS) is 22.6. The molecule has 5 N–H and O–H groups in total. The predicted octanol–water partition coefficient (Wildman–Crippen LogP) is 2.12. The van der Waals surface area contributed by atoms with Crippen LogP contribution < -0.4 is 16.8 Å². The molecule has 2 heterocycles. The number of anilines is 2. The Morgan fingerprint density at radius 2 is 2.10 bits per heavy atom. The van der Waals surface area contributed by atoms with E-state index in [2.05, 4.69) is 22.3 Å². The summed E-state index contributed by atoms with van der Waals surface area (Å²) in [5, 5.41) is 7.97. The number of nitrogens with zero attached hydrogens (tertiary/aromatic N) is 3. The van der Waals surface area contributed by atoms with Gasteiger partial charge in [-0.3, -0.25) is 0 Å². The topological polar surface area (TPSA) is 94.3 Å². The van der Waals surface area contributed by atoms with E-state index >= 15 is 0 Å². The Morgan fingerprint density at radius 1 is 1.33 bits per heavy atom. The second-order valence-corrected chi connectivity index (χ2v) is 5.91. The van der Waals surface area contributed by atoms with Crippen LogP contribution in [0.1, 0.15) is 50.5 Å². The van der Waals surface area contributed by atoms with Gasteiger partial charge in [-0.15, -0.1) is 5.10 Å². The third kappa shape index (κ3) is 2.68. The van der Waals surface area contributed by atoms with Crippen LogP contribution in [-0.2, 0) is 0 Å². The van der Waals surface area contributed by atoms with Crippen molar-refractivity contribution < 1.29 is 0 Å². The van der Waals surface area contributed by atoms with Gasteiger partial charge in [0.05, 0.1) is 5.69 Å². The van der Waals surface area contributed by atoms with Gasteiger partial charge in [0.25, 0.3) is 0 Å². The van der Waals surface area contributed by atoms with E-state index in [0.29, 0.717) is 17.8 Å². The maximum Gasteiger partial charge on any atom is 0.177 e. The van der Waals surface area contributed by atoms with E-state index in [1.807, 2.05) is 6.20 Å². The molecule has 1 fully saturated rings. The van der Waals surface area contributed by atoms with Gasteiger partial charge in [0.2, 0.25) is 0 Å². The molecular weight excluding hydrogens is 264 g/mol. The van der Waals surface area contributed by atoms with E-state index in [9.17, 15) is 0 Å². The smallest absolute Gasteiger partial charge is 0.177 e. The summed E-state index contributed by atoms with van der Waals surface area (Å²) in [6.07, 6.45) is 8.91. The number of hydrogen-bond acceptors (Lipinski definition) is 5. The van der Waals surface area contributed by atoms with Gasteiger partial charge in [0, 0.05) is 30.5 Å². The zero-order valence-corrected chi connectivity index (χ0v) is 12.5. The highest BCUT2D eigenvalue weighted by Crippen LogP contribution is 2.40. The Morgan fingerprint density at radius 3 is 2.81 bits per heavy atom. The average Bonchev–Trinajstić information content (AvgIpc) is 2.93. The summed E-state index contributed by atoms with van der Waals surface area (Å²) in [4.78, 5) is 4.44. The van der Waals surface area contributed by atoms with Gasteiger partial charge in [-0.2, -0.15) is 0 Å². The fourth-order valence-electron chi connectivity index (χ4n) is 3.22. The molecule has 0 aromatic carbocycles. The first kappa shape index (κ1) is 14.1. The van der Waals surface area contributed by atoms with Crippen LogP contribution in [0.15, 0.2) is 12.4 Å². The highest BCUT2D eigenvalue weighted by Gasteiger charge is 2.26. The molecule has 2 aromatic rings. The highest BCUT2D eigenvalue weighted by atomic mass is 15.3. The molecule has 21 heavy (non-hydrogen) atoms. The van der Waals surface area contributed by atoms with Crippen molar-refractivity contribution in [3.05, 3.63) is 18.0 Å². The van der Waals surface area contributed by atoms with E-state index in [1.54, 1.807) is 10.7 Å². The Kier molecular flexibility index (Phi) is 3.96. The molecule has 0 radical (unpaired) electrons. The first-order valence-corrected chi connectivity index (χ1v) is 7.82. The lowest BCUT2D eigenvalue weighted by Crippen LogP contribution is -2.26. The average molecular weight is 288 g/mol. The fourth-order valence-corrected chi connectivity index (χ4v) is 3.22. The van der Waals surface area contributed by atoms with E-state index in [4.69, 9.17) is 11.5 Å². The van der Waals surface area contributed by atoms with Crippen LogP contribution in [0.3, 0.4) is 0 Å². The predicted molar refractivity (Wildman–Crippen MR) is 85.4 cm³/mol. The third-order valence-corrected chi connectivity index (χ3v) is 4.34. The summed E-state index contributed by atoms with van der Waals surface area (Å²) in [6.45, 7) is 3.06. The monoisotopic (exact) mass is 288 g/mol. The molecular formula is C15H24N6. The number of aromatic nitrogens is 3. The summed E-state index contributed by atoms with van der Waals surface area (Å²) < 4.78 is 1.76. The summed E-state index contributed by atoms with van der Waals surface area (Å²) in [5.41, 5.74) is 15.3. The minimum absolute atomic E-state index is 0.331. The number of rotatable bonds is 4. The van der Waals surface area contributed by atoms with E-state index in [-0.39, 0.29) is 0 Å². The van der Waals surface area contributed by atoms with Crippen molar-refractivity contribution in [2.75, 3.05) is 17.6 Å². The van der Waals surface area contributed by atoms with Crippen LogP contribution >= 0.6 is 0 Å². The van der Waals surface area contributed by atoms with Gasteiger partial charge in [0.1, 0.15) is 5.82 Å². The summed E-state index contributed by atoms with van der Waals surface area (Å²) in [5.74, 6) is 1.04. The molecule has 0 bridgehead atoms. The number of fused-ring (bicyclic) bond motifs is 1. The second-order valence-electron chi connectivity index (χ2n) is 5.91. The molecule has 0 atom stereocenters. The lowest BCUT2D eigenvalue weighted by atomic mass is 9.81. The van der Waals surface area contributed by atoms with Gasteiger partial charge in [-0.25, -0.2) is 9.50 Å². The van der Waals surface area contributed by atoms with Crippen molar-refractivity contribution in [3.63, 3.8) is 0 Å². The maximum atomic E-state index is 6.25. The maximum absolute atomic E-state index is 6.25. The van der Waals surface area contributed by atoms with Crippen molar-refractivity contribution in [1.29, 1.82) is 0 Å². The number of nitrogens with one attached hydrogen (secondary N) is 1. The molecule has 2 aromatic heterocycles. The molecule has 1 aliphatic carbocycles. The number of nitrogen functional groups attached to an aromatic ring is 1. The Labute approximate surface area is 124 Å². The van der Waals surface area contributed by atoms with Crippen molar-refractivity contribution in [2.45, 2.75) is 51.0 Å². The van der Waals surface area contributed by atoms with Crippen LogP contribution in [0.2, 0.25) is 0 Å². The minimum atomic E-state index is 0.331. The van der Waals surface area contributed by atoms with Crippen molar-refractivity contribution in [2.24, 2.45) is 5.73 Å². The van der Waals surface area contributed by atoms with Crippen LogP contribution in [0.25, 0.3) is 5.65 Å². The Balaban J connectivity index is 2.04. The largest absolute Gasteiger partial charge is 0.382 e. The second kappa shape index (κ2) is 5.89. The highest BCUT2D eigenvalue weighted by molar-refractivity contribution is 5.76. The van der Waals surface area contributed by atoms with Crippen LogP contribution in [0.4, 0.5) is 11.5 Å². The van der Waals surface area contributed by atoms with Gasteiger partial charge in [-0.1, -0.05) is 6.92 Å². The summed E-state index contributed by atoms with van der Waals surface area (Å²) >= 11 is 0. The van der Waals surface area contributed by atoms with Crippen LogP contribution in [-0.4, -0.2) is 27.2 Å². The molecule has 114 valence electrons. The van der Waals surface area contributed by atoms with Crippen molar-refractivity contribution in [1.82, 2.24) is 14.6 Å². The van der Waals surface area contributed by atoms with E-state index < -0.39 is 0 Å². The van der Waals surface area contributed by atoms with Crippen LogP contribution in [0.5, 0.6) is 0 Å². The molecule has 0 saturated heterocycles. The molecule has 1 aliphatic rings. The van der Waals surface area contributed by atoms with Crippen LogP contribution in [0, 0.1) is 0 Å². The number of hydrogen-bond donors (Lipinski definition) is 3. The first-order valence-electron chi connectivity index (χ1n) is 7.82. The van der Waals surface area contributed by atoms with Gasteiger partial charge < -0.3 is 16.8 Å². The SMILES string of the molecule is CCCNc1c2nccn2nc(N)c1[C@H]1CC[C@H](N)CC1. The molecule has 0 amide bonds. The quantitative estimate of drug-likeness (QED) is 0.801. The standard InChI is InChI=1S/C15H24N6/c1-2-7-18-13-12(10-3-5-11(16)6-4-10)14(17)20-21-9-8-19-15(13)21/h8-11,18H,2-7,16H2,1H3,(H2,17,20)/t10-,11-. The molecule has 1 saturated carbocycles. The third-order valence-electron chi connectivity index (χ3n) is 4.34. The van der Waals surface area contributed by atoms with Gasteiger partial charge >= 0.3 is 0 Å². The number of imidazole rings is 1. The fraction of sp³-hybridized carbons (Fsp3) is 0.600. The van der Waals surface area contributed by atoms with Crippen molar-refractivity contribution in [3.8, 4) is 0 Å². The zero-order chi connectivity index (χ0) is 14.8. The first-order chi connectivity index (χ1) is 10.2. The molecule has 6 heteroatoms. The lowest BCUT2D eigenvalue weighted by molar-refractivity contribution is 0.396. The summed E-state index contributed by atoms with van der Waals surface area (Å²) in [6, 6.07) is 0.331. The molecule has 0 unspecified atom stereocenters. The minimum Gasteiger partial charge on any atom is -0.382 e. The number of nitrogens with two attached hydrogens (primary N) is 2. The molecule has 6 nitrogen and oxygen atoms in total. The Bertz CT molecular complexity index is 612. The van der Waals surface area contributed by atoms with E-state index in [1.165, 1.54) is 0 Å². The van der Waals surface area contributed by atoms with Gasteiger partial charge in [-0.05, 0) is 38.0 Å². The molecule has 0 aliphatic heterocycles. The molecule has 0 spiro atoms. The summed E-state index contributed by atoms with van der Waals surface area (Å²) in [7, 11) is 0. The van der Waals surface area contributed by atoms with E-state index in [0.717, 1.165) is 55.5 Å². The zero-order valence-electron chi connectivity index (χ0n) is 12.5. The Hall–Kier alpha value is -1.82. The molecule has 3 rings (SSSR count). The lowest BCUT2D eigenvalue weighted by Gasteiger charge is -2.28. The van der Waals surface area contributed by atoms with Gasteiger partial charge in [0.15, 0.2) is 5.65 Å². The van der Waals surface area contributed by atoms with Crippen molar-refractivity contribution >= 4 is 17.2 Å².